The van der Waals surface area contributed by atoms with Gasteiger partial charge in [-0.25, -0.2) is 4.98 Å². The molecule has 2 aromatic rings. The third-order valence-electron chi connectivity index (χ3n) is 2.14. The number of imidazole rings is 1. The maximum Gasteiger partial charge on any atom is 0.0958 e. The molecule has 2 rings (SSSR count). The molecule has 0 spiro atoms. The smallest absolute Gasteiger partial charge is 0.0958 e. The van der Waals surface area contributed by atoms with Crippen molar-refractivity contribution in [3.05, 3.63) is 29.5 Å². The fourth-order valence-corrected chi connectivity index (χ4v) is 1.74. The molecule has 0 aliphatic carbocycles. The van der Waals surface area contributed by atoms with Crippen LogP contribution in [0.2, 0.25) is 5.02 Å². The van der Waals surface area contributed by atoms with Crippen molar-refractivity contribution in [3.8, 4) is 0 Å². The first-order valence-electron chi connectivity index (χ1n) is 4.77. The van der Waals surface area contributed by atoms with Gasteiger partial charge in [-0.15, -0.1) is 0 Å². The van der Waals surface area contributed by atoms with E-state index in [2.05, 4.69) is 23.4 Å². The van der Waals surface area contributed by atoms with Crippen molar-refractivity contribution in [2.45, 2.75) is 20.4 Å². The van der Waals surface area contributed by atoms with E-state index in [4.69, 9.17) is 11.6 Å². The third-order valence-corrected chi connectivity index (χ3v) is 2.38. The van der Waals surface area contributed by atoms with Crippen molar-refractivity contribution in [1.29, 1.82) is 0 Å². The first-order valence-corrected chi connectivity index (χ1v) is 5.15. The molecule has 3 heteroatoms. The molecule has 0 N–H and O–H groups in total. The molecule has 0 radical (unpaired) electrons. The maximum atomic E-state index is 5.94. The van der Waals surface area contributed by atoms with E-state index in [1.165, 1.54) is 0 Å². The van der Waals surface area contributed by atoms with Gasteiger partial charge in [0.2, 0.25) is 0 Å². The average molecular weight is 209 g/mol. The quantitative estimate of drug-likeness (QED) is 0.740. The number of halogens is 1. The lowest BCUT2D eigenvalue weighted by molar-refractivity contribution is 0.533. The first kappa shape index (κ1) is 9.53. The third kappa shape index (κ3) is 1.75. The van der Waals surface area contributed by atoms with Crippen molar-refractivity contribution in [3.63, 3.8) is 0 Å². The number of rotatable bonds is 2. The zero-order chi connectivity index (χ0) is 10.1. The van der Waals surface area contributed by atoms with Gasteiger partial charge in [0.25, 0.3) is 0 Å². The van der Waals surface area contributed by atoms with Crippen LogP contribution in [0, 0.1) is 5.92 Å². The number of nitrogens with zero attached hydrogens (tertiary/aromatic N) is 2. The van der Waals surface area contributed by atoms with Crippen LogP contribution in [0.5, 0.6) is 0 Å². The Labute approximate surface area is 88.5 Å². The molecule has 0 aliphatic heterocycles. The summed E-state index contributed by atoms with van der Waals surface area (Å²) < 4.78 is 2.14. The fraction of sp³-hybridized carbons (Fsp3) is 0.364. The number of hydrogen-bond donors (Lipinski definition) is 0. The SMILES string of the molecule is CC(C)Cn1cnc2ccc(Cl)cc21. The molecule has 1 heterocycles. The second kappa shape index (κ2) is 3.62. The molecule has 14 heavy (non-hydrogen) atoms. The highest BCUT2D eigenvalue weighted by atomic mass is 35.5. The average Bonchev–Trinajstić information content (AvgIpc) is 2.47. The standard InChI is InChI=1S/C11H13ClN2/c1-8(2)6-14-7-13-10-4-3-9(12)5-11(10)14/h3-5,7-8H,6H2,1-2H3. The molecule has 74 valence electrons. The lowest BCUT2D eigenvalue weighted by Crippen LogP contribution is -2.02. The summed E-state index contributed by atoms with van der Waals surface area (Å²) in [5.74, 6) is 0.617. The minimum Gasteiger partial charge on any atom is -0.330 e. The van der Waals surface area contributed by atoms with E-state index in [0.29, 0.717) is 5.92 Å². The number of fused-ring (bicyclic) bond motifs is 1. The van der Waals surface area contributed by atoms with Crippen LogP contribution < -0.4 is 0 Å². The zero-order valence-corrected chi connectivity index (χ0v) is 9.12. The Morgan fingerprint density at radius 2 is 2.21 bits per heavy atom. The lowest BCUT2D eigenvalue weighted by Gasteiger charge is -2.06. The van der Waals surface area contributed by atoms with Crippen LogP contribution in [0.15, 0.2) is 24.5 Å². The topological polar surface area (TPSA) is 17.8 Å². The molecule has 1 aromatic carbocycles. The molecule has 0 atom stereocenters. The normalized spacial score (nSPS) is 11.4. The highest BCUT2D eigenvalue weighted by molar-refractivity contribution is 6.31. The summed E-state index contributed by atoms with van der Waals surface area (Å²) in [5, 5.41) is 0.767. The van der Waals surface area contributed by atoms with E-state index in [-0.39, 0.29) is 0 Å². The van der Waals surface area contributed by atoms with Crippen molar-refractivity contribution in [2.75, 3.05) is 0 Å². The van der Waals surface area contributed by atoms with Gasteiger partial charge in [0.1, 0.15) is 0 Å². The lowest BCUT2D eigenvalue weighted by atomic mass is 10.2. The first-order chi connectivity index (χ1) is 6.66. The number of benzene rings is 1. The molecular formula is C11H13ClN2. The van der Waals surface area contributed by atoms with Crippen molar-refractivity contribution in [1.82, 2.24) is 9.55 Å². The van der Waals surface area contributed by atoms with Gasteiger partial charge in [-0.2, -0.15) is 0 Å². The summed E-state index contributed by atoms with van der Waals surface area (Å²) in [5.41, 5.74) is 2.13. The van der Waals surface area contributed by atoms with Crippen molar-refractivity contribution >= 4 is 22.6 Å². The maximum absolute atomic E-state index is 5.94. The van der Waals surface area contributed by atoms with E-state index in [1.54, 1.807) is 0 Å². The van der Waals surface area contributed by atoms with E-state index in [0.717, 1.165) is 22.6 Å². The van der Waals surface area contributed by atoms with Gasteiger partial charge < -0.3 is 4.57 Å². The molecule has 0 bridgehead atoms. The number of hydrogen-bond acceptors (Lipinski definition) is 1. The van der Waals surface area contributed by atoms with Gasteiger partial charge in [0, 0.05) is 11.6 Å². The molecule has 0 saturated heterocycles. The van der Waals surface area contributed by atoms with E-state index in [9.17, 15) is 0 Å². The van der Waals surface area contributed by atoms with Crippen LogP contribution in [-0.2, 0) is 6.54 Å². The number of aromatic nitrogens is 2. The van der Waals surface area contributed by atoms with E-state index >= 15 is 0 Å². The van der Waals surface area contributed by atoms with Crippen LogP contribution in [0.1, 0.15) is 13.8 Å². The highest BCUT2D eigenvalue weighted by Crippen LogP contribution is 2.19. The Morgan fingerprint density at radius 3 is 2.93 bits per heavy atom. The van der Waals surface area contributed by atoms with Crippen LogP contribution in [0.4, 0.5) is 0 Å². The van der Waals surface area contributed by atoms with Gasteiger partial charge in [-0.05, 0) is 24.1 Å². The van der Waals surface area contributed by atoms with Crippen LogP contribution in [0.3, 0.4) is 0 Å². The summed E-state index contributed by atoms with van der Waals surface area (Å²) in [6, 6.07) is 5.79. The summed E-state index contributed by atoms with van der Waals surface area (Å²) in [6.45, 7) is 5.36. The summed E-state index contributed by atoms with van der Waals surface area (Å²) >= 11 is 5.94. The van der Waals surface area contributed by atoms with Gasteiger partial charge in [0.05, 0.1) is 17.4 Å². The summed E-state index contributed by atoms with van der Waals surface area (Å²) in [4.78, 5) is 4.32. The Hall–Kier alpha value is -1.02. The predicted molar refractivity (Wildman–Crippen MR) is 59.6 cm³/mol. The minimum atomic E-state index is 0.617. The molecule has 1 aromatic heterocycles. The van der Waals surface area contributed by atoms with E-state index < -0.39 is 0 Å². The molecular weight excluding hydrogens is 196 g/mol. The molecule has 2 nitrogen and oxygen atoms in total. The Bertz CT molecular complexity index is 445. The van der Waals surface area contributed by atoms with Crippen LogP contribution >= 0.6 is 11.6 Å². The highest BCUT2D eigenvalue weighted by Gasteiger charge is 2.04. The monoisotopic (exact) mass is 208 g/mol. The van der Waals surface area contributed by atoms with Gasteiger partial charge in [-0.1, -0.05) is 25.4 Å². The van der Waals surface area contributed by atoms with Gasteiger partial charge >= 0.3 is 0 Å². The molecule has 0 amide bonds. The van der Waals surface area contributed by atoms with Crippen molar-refractivity contribution < 1.29 is 0 Å². The van der Waals surface area contributed by atoms with Gasteiger partial charge in [-0.3, -0.25) is 0 Å². The minimum absolute atomic E-state index is 0.617. The fourth-order valence-electron chi connectivity index (χ4n) is 1.57. The second-order valence-corrected chi connectivity index (χ2v) is 4.36. The van der Waals surface area contributed by atoms with Crippen molar-refractivity contribution in [2.24, 2.45) is 5.92 Å². The Balaban J connectivity index is 2.50. The summed E-state index contributed by atoms with van der Waals surface area (Å²) in [6.07, 6.45) is 1.88. The Kier molecular flexibility index (Phi) is 2.46. The van der Waals surface area contributed by atoms with Gasteiger partial charge in [0.15, 0.2) is 0 Å². The molecule has 0 unspecified atom stereocenters. The van der Waals surface area contributed by atoms with Crippen LogP contribution in [0.25, 0.3) is 11.0 Å². The Morgan fingerprint density at radius 1 is 1.43 bits per heavy atom. The second-order valence-electron chi connectivity index (χ2n) is 3.92. The predicted octanol–water partition coefficient (Wildman–Crippen LogP) is 3.35. The zero-order valence-electron chi connectivity index (χ0n) is 8.37. The molecule has 0 saturated carbocycles. The summed E-state index contributed by atoms with van der Waals surface area (Å²) in [7, 11) is 0. The molecule has 0 aliphatic rings. The van der Waals surface area contributed by atoms with Crippen LogP contribution in [-0.4, -0.2) is 9.55 Å². The molecule has 0 fully saturated rings. The largest absolute Gasteiger partial charge is 0.330 e. The van der Waals surface area contributed by atoms with E-state index in [1.807, 2.05) is 24.5 Å².